The third-order valence-electron chi connectivity index (χ3n) is 8.56. The second kappa shape index (κ2) is 8.81. The van der Waals surface area contributed by atoms with Crippen molar-refractivity contribution in [3.8, 4) is 11.5 Å². The summed E-state index contributed by atoms with van der Waals surface area (Å²) in [5.41, 5.74) is -1.06. The van der Waals surface area contributed by atoms with Crippen molar-refractivity contribution >= 4 is 23.6 Å². The number of fused-ring (bicyclic) bond motifs is 4. The van der Waals surface area contributed by atoms with Crippen LogP contribution in [-0.2, 0) is 19.2 Å². The van der Waals surface area contributed by atoms with Crippen molar-refractivity contribution in [2.75, 3.05) is 0 Å². The van der Waals surface area contributed by atoms with Gasteiger partial charge in [0.25, 0.3) is 0 Å². The molecule has 1 aromatic carbocycles. The van der Waals surface area contributed by atoms with E-state index in [1.54, 1.807) is 47.6 Å². The lowest BCUT2D eigenvalue weighted by Gasteiger charge is -2.44. The number of phenols is 1. The number of benzene rings is 1. The number of allylic oxidation sites excluding steroid dienone is 2. The molecule has 216 valence electrons. The first-order valence-corrected chi connectivity index (χ1v) is 13.4. The number of ether oxygens (including phenoxy) is 1. The highest BCUT2D eigenvalue weighted by Crippen LogP contribution is 2.60. The van der Waals surface area contributed by atoms with Crippen molar-refractivity contribution in [3.63, 3.8) is 0 Å². The predicted octanol–water partition coefficient (Wildman–Crippen LogP) is 4.52. The van der Waals surface area contributed by atoms with Crippen LogP contribution in [0.4, 0.5) is 13.2 Å². The van der Waals surface area contributed by atoms with Crippen molar-refractivity contribution in [3.05, 3.63) is 35.4 Å². The van der Waals surface area contributed by atoms with E-state index in [2.05, 4.69) is 4.74 Å². The SMILES string of the molecule is CC(C)(C)N1C(=O)[C@H]2[C@H](CC=C3[C@H]2C[C@H]2C(=O)N(C(C)(C)C)C(=O)[C@H]2[C@H]3c2cc(OC(F)(F)F)ccc2O)C1=O. The van der Waals surface area contributed by atoms with E-state index < -0.39 is 70.5 Å². The lowest BCUT2D eigenvalue weighted by molar-refractivity contribution is -0.274. The molecule has 4 aliphatic rings. The first-order valence-electron chi connectivity index (χ1n) is 13.4. The van der Waals surface area contributed by atoms with Crippen LogP contribution in [0.15, 0.2) is 29.8 Å². The molecule has 5 rings (SSSR count). The van der Waals surface area contributed by atoms with E-state index in [1.165, 1.54) is 9.80 Å². The summed E-state index contributed by atoms with van der Waals surface area (Å²) in [6.07, 6.45) is -2.87. The molecule has 40 heavy (non-hydrogen) atoms. The lowest BCUT2D eigenvalue weighted by atomic mass is 9.57. The van der Waals surface area contributed by atoms with E-state index in [0.29, 0.717) is 5.57 Å². The molecule has 1 N–H and O–H groups in total. The molecule has 0 unspecified atom stereocenters. The van der Waals surface area contributed by atoms with Gasteiger partial charge in [0.2, 0.25) is 23.6 Å². The van der Waals surface area contributed by atoms with Crippen LogP contribution in [0, 0.1) is 29.6 Å². The van der Waals surface area contributed by atoms with Gasteiger partial charge in [-0.3, -0.25) is 29.0 Å². The van der Waals surface area contributed by atoms with E-state index in [4.69, 9.17) is 0 Å². The minimum atomic E-state index is -4.99. The first-order chi connectivity index (χ1) is 18.3. The Morgan fingerprint density at radius 2 is 1.35 bits per heavy atom. The summed E-state index contributed by atoms with van der Waals surface area (Å²) in [5.74, 6) is -7.42. The average molecular weight is 563 g/mol. The highest BCUT2D eigenvalue weighted by Gasteiger charge is 2.64. The number of hydrogen-bond donors (Lipinski definition) is 1. The highest BCUT2D eigenvalue weighted by atomic mass is 19.4. The summed E-state index contributed by atoms with van der Waals surface area (Å²) in [6.45, 7) is 10.4. The number of hydrogen-bond acceptors (Lipinski definition) is 6. The van der Waals surface area contributed by atoms with Gasteiger partial charge in [0.05, 0.1) is 23.7 Å². The van der Waals surface area contributed by atoms with E-state index >= 15 is 0 Å². The number of alkyl halides is 3. The van der Waals surface area contributed by atoms with Gasteiger partial charge in [-0.2, -0.15) is 0 Å². The molecule has 0 spiro atoms. The second-order valence-corrected chi connectivity index (χ2v) is 13.2. The first kappa shape index (κ1) is 28.2. The third kappa shape index (κ3) is 4.28. The summed E-state index contributed by atoms with van der Waals surface area (Å²) in [7, 11) is 0. The van der Waals surface area contributed by atoms with Crippen LogP contribution in [0.1, 0.15) is 65.9 Å². The highest BCUT2D eigenvalue weighted by molar-refractivity contribution is 6.08. The van der Waals surface area contributed by atoms with Gasteiger partial charge in [0.1, 0.15) is 11.5 Å². The molecule has 3 fully saturated rings. The van der Waals surface area contributed by atoms with Gasteiger partial charge >= 0.3 is 6.36 Å². The van der Waals surface area contributed by atoms with E-state index in [-0.39, 0.29) is 36.0 Å². The average Bonchev–Trinajstić information content (AvgIpc) is 3.21. The smallest absolute Gasteiger partial charge is 0.508 e. The number of imide groups is 2. The van der Waals surface area contributed by atoms with Crippen LogP contribution in [-0.4, -0.2) is 56.0 Å². The molecular formula is C29H33F3N2O6. The summed E-state index contributed by atoms with van der Waals surface area (Å²) < 4.78 is 43.4. The Labute approximate surface area is 230 Å². The Morgan fingerprint density at radius 3 is 1.90 bits per heavy atom. The Hall–Kier alpha value is -3.37. The van der Waals surface area contributed by atoms with Gasteiger partial charge in [-0.25, -0.2) is 0 Å². The number of carbonyl (C=O) groups is 4. The molecule has 2 aliphatic heterocycles. The topological polar surface area (TPSA) is 104 Å². The molecule has 6 atom stereocenters. The summed E-state index contributed by atoms with van der Waals surface area (Å²) in [5, 5.41) is 10.9. The van der Waals surface area contributed by atoms with Crippen molar-refractivity contribution in [1.82, 2.24) is 9.80 Å². The predicted molar refractivity (Wildman–Crippen MR) is 136 cm³/mol. The fraction of sp³-hybridized carbons (Fsp3) is 0.586. The molecule has 2 aliphatic carbocycles. The zero-order valence-electron chi connectivity index (χ0n) is 23.2. The van der Waals surface area contributed by atoms with Crippen LogP contribution in [0.2, 0.25) is 0 Å². The molecule has 2 heterocycles. The van der Waals surface area contributed by atoms with Crippen molar-refractivity contribution in [1.29, 1.82) is 0 Å². The largest absolute Gasteiger partial charge is 0.573 e. The van der Waals surface area contributed by atoms with Crippen molar-refractivity contribution < 1.29 is 42.2 Å². The minimum absolute atomic E-state index is 0.00695. The Balaban J connectivity index is 1.67. The van der Waals surface area contributed by atoms with Crippen LogP contribution >= 0.6 is 0 Å². The quantitative estimate of drug-likeness (QED) is 0.420. The summed E-state index contributed by atoms with van der Waals surface area (Å²) in [4.78, 5) is 57.2. The van der Waals surface area contributed by atoms with Crippen LogP contribution in [0.5, 0.6) is 11.5 Å². The standard InChI is InChI=1S/C29H33F3N2O6/c1-27(2,3)33-23(36)15-9-8-14-16(21(15)25(33)38)12-18-22(26(39)34(24(18)37)28(4,5)6)20(14)17-11-13(7-10-19(17)35)40-29(30,31)32/h7-8,10-11,15-16,18,20-22,35H,9,12H2,1-6H3/t15-,16+,18+,20+,21-,22+/m0/s1. The van der Waals surface area contributed by atoms with Crippen LogP contribution in [0.3, 0.4) is 0 Å². The van der Waals surface area contributed by atoms with Gasteiger partial charge in [0, 0.05) is 22.6 Å². The molecular weight excluding hydrogens is 529 g/mol. The maximum Gasteiger partial charge on any atom is 0.573 e. The van der Waals surface area contributed by atoms with Crippen molar-refractivity contribution in [2.24, 2.45) is 29.6 Å². The molecule has 0 bridgehead atoms. The molecule has 0 radical (unpaired) electrons. The molecule has 1 saturated carbocycles. The normalized spacial score (nSPS) is 30.8. The lowest BCUT2D eigenvalue weighted by Crippen LogP contribution is -2.47. The third-order valence-corrected chi connectivity index (χ3v) is 8.56. The molecule has 0 aromatic heterocycles. The minimum Gasteiger partial charge on any atom is -0.508 e. The van der Waals surface area contributed by atoms with Crippen LogP contribution < -0.4 is 4.74 Å². The zero-order valence-corrected chi connectivity index (χ0v) is 23.2. The summed E-state index contributed by atoms with van der Waals surface area (Å²) in [6, 6.07) is 3.08. The number of rotatable bonds is 2. The fourth-order valence-corrected chi connectivity index (χ4v) is 7.24. The maximum atomic E-state index is 13.9. The molecule has 4 amide bonds. The monoisotopic (exact) mass is 562 g/mol. The summed E-state index contributed by atoms with van der Waals surface area (Å²) >= 11 is 0. The number of likely N-dealkylation sites (tertiary alicyclic amines) is 2. The van der Waals surface area contributed by atoms with E-state index in [1.807, 2.05) is 0 Å². The zero-order chi connectivity index (χ0) is 29.7. The molecule has 1 aromatic rings. The maximum absolute atomic E-state index is 13.9. The number of aromatic hydroxyl groups is 1. The number of amides is 4. The number of halogens is 3. The van der Waals surface area contributed by atoms with Gasteiger partial charge in [-0.05, 0) is 78.5 Å². The Bertz CT molecular complexity index is 1340. The number of phenolic OH excluding ortho intramolecular Hbond substituents is 1. The van der Waals surface area contributed by atoms with E-state index in [0.717, 1.165) is 18.2 Å². The fourth-order valence-electron chi connectivity index (χ4n) is 7.24. The van der Waals surface area contributed by atoms with Crippen LogP contribution in [0.25, 0.3) is 0 Å². The Kier molecular flexibility index (Phi) is 6.21. The van der Waals surface area contributed by atoms with Gasteiger partial charge < -0.3 is 9.84 Å². The second-order valence-electron chi connectivity index (χ2n) is 13.2. The molecule has 2 saturated heterocycles. The van der Waals surface area contributed by atoms with Gasteiger partial charge in [-0.15, -0.1) is 13.2 Å². The number of nitrogens with zero attached hydrogens (tertiary/aromatic N) is 2. The Morgan fingerprint density at radius 1 is 0.800 bits per heavy atom. The van der Waals surface area contributed by atoms with E-state index in [9.17, 15) is 37.5 Å². The molecule has 11 heteroatoms. The van der Waals surface area contributed by atoms with Crippen molar-refractivity contribution in [2.45, 2.75) is 77.7 Å². The van der Waals surface area contributed by atoms with Gasteiger partial charge in [-0.1, -0.05) is 11.6 Å². The van der Waals surface area contributed by atoms with Gasteiger partial charge in [0.15, 0.2) is 0 Å². The molecule has 8 nitrogen and oxygen atoms in total. The number of carbonyl (C=O) groups excluding carboxylic acids is 4.